The number of rotatable bonds is 5. The van der Waals surface area contributed by atoms with E-state index in [1.54, 1.807) is 0 Å². The molecule has 2 aromatic carbocycles. The van der Waals surface area contributed by atoms with Crippen LogP contribution in [0.4, 0.5) is 5.13 Å². The topological polar surface area (TPSA) is 85.6 Å². The van der Waals surface area contributed by atoms with Gasteiger partial charge in [-0.15, -0.1) is 15.3 Å². The molecule has 0 radical (unpaired) electrons. The van der Waals surface area contributed by atoms with Gasteiger partial charge in [0.15, 0.2) is 5.69 Å². The molecule has 0 spiro atoms. The molecule has 0 aliphatic heterocycles. The summed E-state index contributed by atoms with van der Waals surface area (Å²) in [5.74, 6) is -0.366. The van der Waals surface area contributed by atoms with Crippen LogP contribution in [-0.2, 0) is 6.42 Å². The summed E-state index contributed by atoms with van der Waals surface area (Å²) in [6.07, 6.45) is 2.10. The summed E-state index contributed by atoms with van der Waals surface area (Å²) in [5.41, 5.74) is 2.15. The lowest BCUT2D eigenvalue weighted by molar-refractivity contribution is 0.102. The Bertz CT molecular complexity index is 1010. The second kappa shape index (κ2) is 7.24. The van der Waals surface area contributed by atoms with Crippen LogP contribution in [0, 0.1) is 0 Å². The van der Waals surface area contributed by atoms with E-state index in [0.717, 1.165) is 16.3 Å². The van der Waals surface area contributed by atoms with E-state index >= 15 is 0 Å². The second-order valence-electron chi connectivity index (χ2n) is 5.47. The van der Waals surface area contributed by atoms with E-state index in [4.69, 9.17) is 0 Å². The number of anilines is 1. The maximum absolute atomic E-state index is 12.3. The fraction of sp³-hybridized carbons (Fsp3) is 0.0556. The SMILES string of the molecule is O=C(Nc1nnc(Cc2ccccc2)s1)c1cnn(-c2ccccc2)n1. The van der Waals surface area contributed by atoms with Gasteiger partial charge in [-0.2, -0.15) is 9.90 Å². The van der Waals surface area contributed by atoms with E-state index < -0.39 is 0 Å². The van der Waals surface area contributed by atoms with Crippen LogP contribution in [-0.4, -0.2) is 31.1 Å². The first-order chi connectivity index (χ1) is 12.8. The lowest BCUT2D eigenvalue weighted by Crippen LogP contribution is -2.13. The summed E-state index contributed by atoms with van der Waals surface area (Å²) >= 11 is 1.34. The van der Waals surface area contributed by atoms with Gasteiger partial charge in [-0.3, -0.25) is 10.1 Å². The van der Waals surface area contributed by atoms with Crippen molar-refractivity contribution < 1.29 is 4.79 Å². The molecular formula is C18H14N6OS. The van der Waals surface area contributed by atoms with Crippen molar-refractivity contribution >= 4 is 22.4 Å². The van der Waals surface area contributed by atoms with Crippen molar-refractivity contribution in [3.8, 4) is 5.69 Å². The molecule has 0 saturated carbocycles. The van der Waals surface area contributed by atoms with Gasteiger partial charge in [0.1, 0.15) is 5.01 Å². The smallest absolute Gasteiger partial charge is 0.279 e. The minimum Gasteiger partial charge on any atom is -0.295 e. The molecule has 2 heterocycles. The predicted molar refractivity (Wildman–Crippen MR) is 98.5 cm³/mol. The number of nitrogens with zero attached hydrogens (tertiary/aromatic N) is 5. The van der Waals surface area contributed by atoms with Crippen LogP contribution in [0.5, 0.6) is 0 Å². The Balaban J connectivity index is 1.43. The highest BCUT2D eigenvalue weighted by atomic mass is 32.1. The number of amides is 1. The molecule has 8 heteroatoms. The van der Waals surface area contributed by atoms with Crippen molar-refractivity contribution in [1.29, 1.82) is 0 Å². The zero-order chi connectivity index (χ0) is 17.8. The van der Waals surface area contributed by atoms with E-state index in [0.29, 0.717) is 11.6 Å². The fourth-order valence-electron chi connectivity index (χ4n) is 2.36. The molecule has 7 nitrogen and oxygen atoms in total. The highest BCUT2D eigenvalue weighted by molar-refractivity contribution is 7.15. The number of para-hydroxylation sites is 1. The van der Waals surface area contributed by atoms with Crippen LogP contribution in [0.25, 0.3) is 5.69 Å². The molecule has 1 N–H and O–H groups in total. The molecule has 0 aliphatic carbocycles. The zero-order valence-electron chi connectivity index (χ0n) is 13.6. The fourth-order valence-corrected chi connectivity index (χ4v) is 3.13. The number of nitrogens with one attached hydrogen (secondary N) is 1. The molecule has 4 rings (SSSR count). The first kappa shape index (κ1) is 16.1. The quantitative estimate of drug-likeness (QED) is 0.590. The lowest BCUT2D eigenvalue weighted by Gasteiger charge is -1.98. The van der Waals surface area contributed by atoms with Gasteiger partial charge < -0.3 is 0 Å². The van der Waals surface area contributed by atoms with Crippen molar-refractivity contribution in [2.24, 2.45) is 0 Å². The van der Waals surface area contributed by atoms with Crippen LogP contribution in [0.15, 0.2) is 66.9 Å². The summed E-state index contributed by atoms with van der Waals surface area (Å²) in [4.78, 5) is 13.8. The van der Waals surface area contributed by atoms with Crippen molar-refractivity contribution in [2.45, 2.75) is 6.42 Å². The van der Waals surface area contributed by atoms with E-state index in [-0.39, 0.29) is 11.6 Å². The molecular weight excluding hydrogens is 348 g/mol. The Labute approximate surface area is 153 Å². The van der Waals surface area contributed by atoms with Gasteiger partial charge in [0.25, 0.3) is 5.91 Å². The third-order valence-corrected chi connectivity index (χ3v) is 4.44. The minimum atomic E-state index is -0.366. The van der Waals surface area contributed by atoms with Gasteiger partial charge in [-0.25, -0.2) is 0 Å². The second-order valence-corrected chi connectivity index (χ2v) is 6.53. The van der Waals surface area contributed by atoms with Crippen LogP contribution in [0.2, 0.25) is 0 Å². The number of carbonyl (C=O) groups excluding carboxylic acids is 1. The largest absolute Gasteiger partial charge is 0.295 e. The van der Waals surface area contributed by atoms with Gasteiger partial charge >= 0.3 is 0 Å². The van der Waals surface area contributed by atoms with Crippen molar-refractivity contribution in [1.82, 2.24) is 25.2 Å². The molecule has 2 aromatic heterocycles. The number of carbonyl (C=O) groups is 1. The predicted octanol–water partition coefficient (Wildman–Crippen LogP) is 2.96. The third kappa shape index (κ3) is 3.65. The molecule has 1 amide bonds. The summed E-state index contributed by atoms with van der Waals surface area (Å²) in [7, 11) is 0. The van der Waals surface area contributed by atoms with Gasteiger partial charge in [0.2, 0.25) is 5.13 Å². The number of benzene rings is 2. The average Bonchev–Trinajstić information content (AvgIpc) is 3.33. The summed E-state index contributed by atoms with van der Waals surface area (Å²) in [6.45, 7) is 0. The number of hydrogen-bond acceptors (Lipinski definition) is 6. The first-order valence-corrected chi connectivity index (χ1v) is 8.75. The lowest BCUT2D eigenvalue weighted by atomic mass is 10.2. The van der Waals surface area contributed by atoms with E-state index in [1.807, 2.05) is 60.7 Å². The highest BCUT2D eigenvalue weighted by Crippen LogP contribution is 2.19. The van der Waals surface area contributed by atoms with Crippen LogP contribution in [0.3, 0.4) is 0 Å². The van der Waals surface area contributed by atoms with Crippen LogP contribution >= 0.6 is 11.3 Å². The molecule has 128 valence electrons. The Hall–Kier alpha value is -3.39. The Morgan fingerprint density at radius 2 is 1.73 bits per heavy atom. The summed E-state index contributed by atoms with van der Waals surface area (Å²) in [6, 6.07) is 19.4. The third-order valence-electron chi connectivity index (χ3n) is 3.60. The van der Waals surface area contributed by atoms with Crippen LogP contribution in [0.1, 0.15) is 21.1 Å². The normalized spacial score (nSPS) is 10.6. The van der Waals surface area contributed by atoms with Gasteiger partial charge in [0, 0.05) is 6.42 Å². The Kier molecular flexibility index (Phi) is 4.48. The molecule has 4 aromatic rings. The van der Waals surface area contributed by atoms with E-state index in [1.165, 1.54) is 22.3 Å². The molecule has 26 heavy (non-hydrogen) atoms. The number of hydrogen-bond donors (Lipinski definition) is 1. The summed E-state index contributed by atoms with van der Waals surface area (Å²) in [5, 5.41) is 20.5. The van der Waals surface area contributed by atoms with Crippen molar-refractivity contribution in [3.05, 3.63) is 83.1 Å². The van der Waals surface area contributed by atoms with E-state index in [2.05, 4.69) is 25.7 Å². The molecule has 0 aliphatic rings. The molecule has 0 unspecified atom stereocenters. The molecule has 0 saturated heterocycles. The van der Waals surface area contributed by atoms with Crippen molar-refractivity contribution in [2.75, 3.05) is 5.32 Å². The maximum atomic E-state index is 12.3. The monoisotopic (exact) mass is 362 g/mol. The van der Waals surface area contributed by atoms with Crippen molar-refractivity contribution in [3.63, 3.8) is 0 Å². The number of aromatic nitrogens is 5. The minimum absolute atomic E-state index is 0.216. The summed E-state index contributed by atoms with van der Waals surface area (Å²) < 4.78 is 0. The zero-order valence-corrected chi connectivity index (χ0v) is 14.4. The van der Waals surface area contributed by atoms with Crippen LogP contribution < -0.4 is 5.32 Å². The van der Waals surface area contributed by atoms with Gasteiger partial charge in [0.05, 0.1) is 11.9 Å². The van der Waals surface area contributed by atoms with E-state index in [9.17, 15) is 4.79 Å². The highest BCUT2D eigenvalue weighted by Gasteiger charge is 2.14. The maximum Gasteiger partial charge on any atom is 0.279 e. The average molecular weight is 362 g/mol. The Morgan fingerprint density at radius 1 is 1.00 bits per heavy atom. The standard InChI is InChI=1S/C18H14N6OS/c25-17(15-12-19-24(23-15)14-9-5-2-6-10-14)20-18-22-21-16(26-18)11-13-7-3-1-4-8-13/h1-10,12H,11H2,(H,20,22,25). The molecule has 0 bridgehead atoms. The van der Waals surface area contributed by atoms with Gasteiger partial charge in [-0.1, -0.05) is 59.9 Å². The first-order valence-electron chi connectivity index (χ1n) is 7.93. The molecule has 0 fully saturated rings. The van der Waals surface area contributed by atoms with Gasteiger partial charge in [-0.05, 0) is 17.7 Å². The molecule has 0 atom stereocenters. The Morgan fingerprint density at radius 3 is 2.50 bits per heavy atom.